The molecule has 0 aromatic heterocycles. The predicted molar refractivity (Wildman–Crippen MR) is 132 cm³/mol. The molecule has 0 unspecified atom stereocenters. The zero-order chi connectivity index (χ0) is 23.7. The van der Waals surface area contributed by atoms with Crippen LogP contribution in [0.15, 0.2) is 54.8 Å². The van der Waals surface area contributed by atoms with Crippen LogP contribution in [-0.2, 0) is 16.0 Å². The van der Waals surface area contributed by atoms with Gasteiger partial charge in [0, 0.05) is 25.9 Å². The van der Waals surface area contributed by atoms with Crippen LogP contribution in [0, 0.1) is 0 Å². The lowest BCUT2D eigenvalue weighted by Gasteiger charge is -2.06. The van der Waals surface area contributed by atoms with Crippen molar-refractivity contribution >= 4 is 11.9 Å². The Labute approximate surface area is 190 Å². The summed E-state index contributed by atoms with van der Waals surface area (Å²) in [5.74, 6) is -0.561. The van der Waals surface area contributed by atoms with Crippen LogP contribution >= 0.6 is 0 Å². The van der Waals surface area contributed by atoms with E-state index >= 15 is 0 Å². The highest BCUT2D eigenvalue weighted by Gasteiger charge is 2.01. The minimum atomic E-state index is -0.745. The number of hydrogen-bond donors (Lipinski definition) is 3. The van der Waals surface area contributed by atoms with E-state index in [-0.39, 0.29) is 12.3 Å². The fourth-order valence-electron chi connectivity index (χ4n) is 2.45. The number of amides is 1. The van der Waals surface area contributed by atoms with Gasteiger partial charge in [-0.15, -0.1) is 6.58 Å². The number of benzene rings is 1. The molecule has 0 aliphatic rings. The summed E-state index contributed by atoms with van der Waals surface area (Å²) in [6.45, 7) is 12.7. The lowest BCUT2D eigenvalue weighted by atomic mass is 10.1. The number of aryl methyl sites for hydroxylation is 1. The average molecular weight is 433 g/mol. The Hall–Kier alpha value is -2.56. The Morgan fingerprint density at radius 3 is 2.16 bits per heavy atom. The molecule has 176 valence electrons. The molecule has 0 aliphatic carbocycles. The van der Waals surface area contributed by atoms with Crippen molar-refractivity contribution in [3.8, 4) is 0 Å². The van der Waals surface area contributed by atoms with E-state index in [0.717, 1.165) is 38.8 Å². The van der Waals surface area contributed by atoms with Gasteiger partial charge in [-0.3, -0.25) is 9.59 Å². The summed E-state index contributed by atoms with van der Waals surface area (Å²) < 4.78 is 0. The molecule has 0 atom stereocenters. The first kappa shape index (κ1) is 30.6. The quantitative estimate of drug-likeness (QED) is 0.269. The molecule has 0 heterocycles. The van der Waals surface area contributed by atoms with Crippen molar-refractivity contribution in [1.29, 1.82) is 0 Å². The molecule has 0 aliphatic heterocycles. The van der Waals surface area contributed by atoms with Crippen molar-refractivity contribution in [2.24, 2.45) is 0 Å². The third kappa shape index (κ3) is 25.4. The van der Waals surface area contributed by atoms with E-state index < -0.39 is 5.97 Å². The van der Waals surface area contributed by atoms with Gasteiger partial charge < -0.3 is 15.7 Å². The first-order chi connectivity index (χ1) is 14.9. The molecular weight excluding hydrogens is 388 g/mol. The molecular formula is C26H44N2O3. The van der Waals surface area contributed by atoms with Gasteiger partial charge in [0.2, 0.25) is 5.91 Å². The zero-order valence-electron chi connectivity index (χ0n) is 20.1. The monoisotopic (exact) mass is 432 g/mol. The summed E-state index contributed by atoms with van der Waals surface area (Å²) >= 11 is 0. The van der Waals surface area contributed by atoms with Crippen molar-refractivity contribution in [3.63, 3.8) is 0 Å². The molecule has 1 rings (SSSR count). The molecule has 0 fully saturated rings. The van der Waals surface area contributed by atoms with Crippen LogP contribution in [0.25, 0.3) is 0 Å². The van der Waals surface area contributed by atoms with Gasteiger partial charge in [-0.25, -0.2) is 0 Å². The molecule has 0 radical (unpaired) electrons. The number of nitrogens with one attached hydrogen (secondary N) is 2. The van der Waals surface area contributed by atoms with Crippen LogP contribution in [0.2, 0.25) is 0 Å². The molecule has 0 saturated heterocycles. The summed E-state index contributed by atoms with van der Waals surface area (Å²) in [6.07, 6.45) is 11.2. The highest BCUT2D eigenvalue weighted by molar-refractivity contribution is 5.75. The number of rotatable bonds is 13. The largest absolute Gasteiger partial charge is 0.481 e. The third-order valence-corrected chi connectivity index (χ3v) is 4.16. The molecule has 1 amide bonds. The van der Waals surface area contributed by atoms with Gasteiger partial charge >= 0.3 is 5.97 Å². The SMILES string of the molecule is C=CC.CCC(=O)O.CCN/C=C(\C)CCNC(=O)CCCCCCc1ccccc1. The van der Waals surface area contributed by atoms with Crippen LogP contribution in [0.1, 0.15) is 78.2 Å². The maximum absolute atomic E-state index is 11.7. The number of hydrogen-bond acceptors (Lipinski definition) is 3. The second-order valence-corrected chi connectivity index (χ2v) is 7.20. The van der Waals surface area contributed by atoms with Crippen molar-refractivity contribution < 1.29 is 14.7 Å². The van der Waals surface area contributed by atoms with Crippen LogP contribution in [0.3, 0.4) is 0 Å². The number of aliphatic carboxylic acids is 1. The number of allylic oxidation sites excluding steroid dienone is 1. The van der Waals surface area contributed by atoms with E-state index in [9.17, 15) is 9.59 Å². The van der Waals surface area contributed by atoms with Crippen molar-refractivity contribution in [1.82, 2.24) is 10.6 Å². The fraction of sp³-hybridized carbons (Fsp3) is 0.538. The van der Waals surface area contributed by atoms with Crippen LogP contribution in [0.5, 0.6) is 0 Å². The molecule has 1 aromatic carbocycles. The third-order valence-electron chi connectivity index (χ3n) is 4.16. The van der Waals surface area contributed by atoms with Gasteiger partial charge in [-0.05, 0) is 58.2 Å². The minimum Gasteiger partial charge on any atom is -0.481 e. The Morgan fingerprint density at radius 2 is 1.61 bits per heavy atom. The number of carboxylic acid groups (broad SMARTS) is 1. The summed E-state index contributed by atoms with van der Waals surface area (Å²) in [5.41, 5.74) is 2.68. The van der Waals surface area contributed by atoms with E-state index in [1.165, 1.54) is 24.0 Å². The van der Waals surface area contributed by atoms with E-state index in [4.69, 9.17) is 5.11 Å². The highest BCUT2D eigenvalue weighted by atomic mass is 16.4. The zero-order valence-corrected chi connectivity index (χ0v) is 20.1. The standard InChI is InChI=1S/C20H32N2O.C3H6O2.C3H6/c1-3-21-17-18(2)15-16-22-20(23)14-10-5-4-7-11-19-12-8-6-9-13-19;1-2-3(4)5;1-3-2/h6,8-9,12-13,17,21H,3-5,7,10-11,14-16H2,1-2H3,(H,22,23);2H2,1H3,(H,4,5);3H,1H2,2H3/b18-17+;;. The van der Waals surface area contributed by atoms with Gasteiger partial charge in [0.05, 0.1) is 0 Å². The molecule has 5 heteroatoms. The Bertz CT molecular complexity index is 598. The summed E-state index contributed by atoms with van der Waals surface area (Å²) in [4.78, 5) is 21.1. The number of unbranched alkanes of at least 4 members (excludes halogenated alkanes) is 3. The van der Waals surface area contributed by atoms with Gasteiger partial charge in [0.25, 0.3) is 0 Å². The second-order valence-electron chi connectivity index (χ2n) is 7.20. The molecule has 0 saturated carbocycles. The van der Waals surface area contributed by atoms with Crippen molar-refractivity contribution in [2.45, 2.75) is 79.1 Å². The highest BCUT2D eigenvalue weighted by Crippen LogP contribution is 2.08. The summed E-state index contributed by atoms with van der Waals surface area (Å²) in [5, 5.41) is 13.9. The smallest absolute Gasteiger partial charge is 0.303 e. The fourth-order valence-corrected chi connectivity index (χ4v) is 2.45. The van der Waals surface area contributed by atoms with Gasteiger partial charge in [0.1, 0.15) is 0 Å². The van der Waals surface area contributed by atoms with Gasteiger partial charge in [-0.1, -0.05) is 61.7 Å². The predicted octanol–water partition coefficient (Wildman–Crippen LogP) is 5.87. The lowest BCUT2D eigenvalue weighted by Crippen LogP contribution is -2.24. The van der Waals surface area contributed by atoms with Crippen LogP contribution < -0.4 is 10.6 Å². The minimum absolute atomic E-state index is 0.185. The maximum Gasteiger partial charge on any atom is 0.303 e. The number of carboxylic acids is 1. The molecule has 1 aromatic rings. The average Bonchev–Trinajstić information content (AvgIpc) is 2.76. The van der Waals surface area contributed by atoms with Crippen LogP contribution in [-0.4, -0.2) is 30.1 Å². The van der Waals surface area contributed by atoms with Crippen molar-refractivity contribution in [2.75, 3.05) is 13.1 Å². The van der Waals surface area contributed by atoms with Crippen LogP contribution in [0.4, 0.5) is 0 Å². The normalized spacial score (nSPS) is 10.0. The summed E-state index contributed by atoms with van der Waals surface area (Å²) in [6, 6.07) is 10.6. The lowest BCUT2D eigenvalue weighted by molar-refractivity contribution is -0.136. The van der Waals surface area contributed by atoms with Crippen molar-refractivity contribution in [3.05, 3.63) is 60.3 Å². The molecule has 0 bridgehead atoms. The molecule has 5 nitrogen and oxygen atoms in total. The Balaban J connectivity index is 0. The van der Waals surface area contributed by atoms with E-state index in [2.05, 4.69) is 61.4 Å². The van der Waals surface area contributed by atoms with E-state index in [1.807, 2.05) is 13.1 Å². The Morgan fingerprint density at radius 1 is 1.03 bits per heavy atom. The number of carbonyl (C=O) groups is 2. The topological polar surface area (TPSA) is 78.4 Å². The van der Waals surface area contributed by atoms with Gasteiger partial charge in [-0.2, -0.15) is 0 Å². The summed E-state index contributed by atoms with van der Waals surface area (Å²) in [7, 11) is 0. The first-order valence-corrected chi connectivity index (χ1v) is 11.4. The molecule has 0 spiro atoms. The molecule has 31 heavy (non-hydrogen) atoms. The number of carbonyl (C=O) groups excluding carboxylic acids is 1. The molecule has 3 N–H and O–H groups in total. The maximum atomic E-state index is 11.7. The van der Waals surface area contributed by atoms with Gasteiger partial charge in [0.15, 0.2) is 0 Å². The van der Waals surface area contributed by atoms with E-state index in [1.54, 1.807) is 13.0 Å². The Kier molecular flexibility index (Phi) is 23.4. The first-order valence-electron chi connectivity index (χ1n) is 11.4. The van der Waals surface area contributed by atoms with E-state index in [0.29, 0.717) is 6.42 Å². The second kappa shape index (κ2) is 23.7.